The van der Waals surface area contributed by atoms with E-state index in [4.69, 9.17) is 10.8 Å². The summed E-state index contributed by atoms with van der Waals surface area (Å²) < 4.78 is 0. The number of pyridine rings is 2. The number of likely N-dealkylation sites (tertiary alicyclic amines) is 1. The second kappa shape index (κ2) is 7.76. The van der Waals surface area contributed by atoms with Gasteiger partial charge in [0.25, 0.3) is 0 Å². The number of rotatable bonds is 6. The van der Waals surface area contributed by atoms with Crippen molar-refractivity contribution in [1.82, 2.24) is 14.9 Å². The Balaban J connectivity index is 1.63. The van der Waals surface area contributed by atoms with E-state index in [0.717, 1.165) is 16.6 Å². The number of β-amino-alcohol motifs (C(OH)–C–C–N with tert-alkyl or cyclic N) is 1. The molecule has 0 aromatic carbocycles. The van der Waals surface area contributed by atoms with Crippen molar-refractivity contribution in [3.8, 4) is 0 Å². The highest BCUT2D eigenvalue weighted by Gasteiger charge is 2.34. The van der Waals surface area contributed by atoms with Crippen molar-refractivity contribution in [3.05, 3.63) is 36.2 Å². The highest BCUT2D eigenvalue weighted by molar-refractivity contribution is 5.79. The van der Waals surface area contributed by atoms with Crippen LogP contribution >= 0.6 is 0 Å². The van der Waals surface area contributed by atoms with Crippen LogP contribution in [0.4, 0.5) is 0 Å². The summed E-state index contributed by atoms with van der Waals surface area (Å²) in [5.41, 5.74) is 8.03. The van der Waals surface area contributed by atoms with Gasteiger partial charge in [0.15, 0.2) is 0 Å². The Morgan fingerprint density at radius 2 is 2.08 bits per heavy atom. The van der Waals surface area contributed by atoms with E-state index in [2.05, 4.69) is 9.97 Å². The summed E-state index contributed by atoms with van der Waals surface area (Å²) in [6.07, 6.45) is 3.54. The number of carboxylic acids is 1. The molecule has 26 heavy (non-hydrogen) atoms. The zero-order chi connectivity index (χ0) is 18.7. The van der Waals surface area contributed by atoms with Crippen LogP contribution in [0.3, 0.4) is 0 Å². The molecule has 1 amide bonds. The number of carbonyl (C=O) groups excluding carboxylic acids is 1. The standard InChI is InChI=1S/C18H22N4O4/c19-13(18(25)26)3-4-16(24)22-9-12(15(23)10-22)8-11-5-7-20-14-2-1-6-21-17(11)14/h1-2,5-7,12-13,15,23H,3-4,8-10,19H2,(H,25,26)/t12-,13-,15+/m1/s1. The molecule has 0 radical (unpaired) electrons. The quantitative estimate of drug-likeness (QED) is 0.672. The molecule has 8 nitrogen and oxygen atoms in total. The lowest BCUT2D eigenvalue weighted by molar-refractivity contribution is -0.139. The van der Waals surface area contributed by atoms with Crippen LogP contribution in [0.1, 0.15) is 18.4 Å². The lowest BCUT2D eigenvalue weighted by Gasteiger charge is -2.17. The van der Waals surface area contributed by atoms with Gasteiger partial charge in [-0.15, -0.1) is 0 Å². The molecule has 3 rings (SSSR count). The van der Waals surface area contributed by atoms with Crippen molar-refractivity contribution in [2.75, 3.05) is 13.1 Å². The minimum atomic E-state index is -1.12. The molecule has 2 aromatic rings. The van der Waals surface area contributed by atoms with Crippen LogP contribution in [0.5, 0.6) is 0 Å². The number of hydrogen-bond acceptors (Lipinski definition) is 6. The first kappa shape index (κ1) is 18.2. The van der Waals surface area contributed by atoms with Crippen molar-refractivity contribution in [3.63, 3.8) is 0 Å². The van der Waals surface area contributed by atoms with Gasteiger partial charge < -0.3 is 20.8 Å². The SMILES string of the molecule is N[C@H](CCC(=O)N1C[C@@H](Cc2ccnc3cccnc23)[C@@H](O)C1)C(=O)O. The summed E-state index contributed by atoms with van der Waals surface area (Å²) in [6, 6.07) is 4.55. The first-order chi connectivity index (χ1) is 12.5. The van der Waals surface area contributed by atoms with Crippen LogP contribution < -0.4 is 5.73 Å². The van der Waals surface area contributed by atoms with E-state index in [1.807, 2.05) is 18.2 Å². The average molecular weight is 358 g/mol. The molecule has 1 fully saturated rings. The smallest absolute Gasteiger partial charge is 0.320 e. The molecular formula is C18H22N4O4. The second-order valence-electron chi connectivity index (χ2n) is 6.65. The van der Waals surface area contributed by atoms with Crippen molar-refractivity contribution >= 4 is 22.9 Å². The molecule has 0 spiro atoms. The minimum Gasteiger partial charge on any atom is -0.480 e. The third-order valence-electron chi connectivity index (χ3n) is 4.81. The van der Waals surface area contributed by atoms with Crippen molar-refractivity contribution in [1.29, 1.82) is 0 Å². The maximum absolute atomic E-state index is 12.3. The van der Waals surface area contributed by atoms with Gasteiger partial charge in [-0.1, -0.05) is 0 Å². The number of aliphatic hydroxyl groups is 1. The molecule has 8 heteroatoms. The number of carboxylic acid groups (broad SMARTS) is 1. The number of amides is 1. The molecule has 0 saturated carbocycles. The number of aliphatic hydroxyl groups excluding tert-OH is 1. The number of nitrogens with two attached hydrogens (primary N) is 1. The maximum Gasteiger partial charge on any atom is 0.320 e. The number of aliphatic carboxylic acids is 1. The topological polar surface area (TPSA) is 130 Å². The molecule has 1 saturated heterocycles. The predicted octanol–water partition coefficient (Wildman–Crippen LogP) is 0.184. The van der Waals surface area contributed by atoms with E-state index in [9.17, 15) is 14.7 Å². The molecule has 0 bridgehead atoms. The molecular weight excluding hydrogens is 336 g/mol. The zero-order valence-electron chi connectivity index (χ0n) is 14.3. The Kier molecular flexibility index (Phi) is 5.43. The van der Waals surface area contributed by atoms with Crippen LogP contribution in [-0.2, 0) is 16.0 Å². The van der Waals surface area contributed by atoms with Crippen LogP contribution in [-0.4, -0.2) is 62.2 Å². The molecule has 3 atom stereocenters. The van der Waals surface area contributed by atoms with E-state index < -0.39 is 18.1 Å². The molecule has 138 valence electrons. The maximum atomic E-state index is 12.3. The van der Waals surface area contributed by atoms with Gasteiger partial charge in [-0.25, -0.2) is 0 Å². The lowest BCUT2D eigenvalue weighted by Crippen LogP contribution is -2.34. The Morgan fingerprint density at radius 3 is 2.85 bits per heavy atom. The van der Waals surface area contributed by atoms with Gasteiger partial charge in [-0.3, -0.25) is 19.6 Å². The van der Waals surface area contributed by atoms with Gasteiger partial charge in [0.2, 0.25) is 5.91 Å². The summed E-state index contributed by atoms with van der Waals surface area (Å²) >= 11 is 0. The van der Waals surface area contributed by atoms with Gasteiger partial charge in [-0.05, 0) is 36.6 Å². The van der Waals surface area contributed by atoms with Gasteiger partial charge in [0, 0.05) is 37.8 Å². The fourth-order valence-electron chi connectivity index (χ4n) is 3.30. The first-order valence-electron chi connectivity index (χ1n) is 8.58. The van der Waals surface area contributed by atoms with E-state index in [1.165, 1.54) is 0 Å². The highest BCUT2D eigenvalue weighted by atomic mass is 16.4. The summed E-state index contributed by atoms with van der Waals surface area (Å²) in [4.78, 5) is 33.3. The van der Waals surface area contributed by atoms with Gasteiger partial charge in [-0.2, -0.15) is 0 Å². The molecule has 1 aliphatic heterocycles. The lowest BCUT2D eigenvalue weighted by atomic mass is 9.96. The van der Waals surface area contributed by atoms with E-state index in [-0.39, 0.29) is 31.2 Å². The number of aromatic nitrogens is 2. The number of fused-ring (bicyclic) bond motifs is 1. The van der Waals surface area contributed by atoms with Crippen LogP contribution in [0.25, 0.3) is 11.0 Å². The Bertz CT molecular complexity index is 807. The second-order valence-corrected chi connectivity index (χ2v) is 6.65. The third kappa shape index (κ3) is 3.97. The fraction of sp³-hybridized carbons (Fsp3) is 0.444. The van der Waals surface area contributed by atoms with E-state index >= 15 is 0 Å². The predicted molar refractivity (Wildman–Crippen MR) is 94.2 cm³/mol. The molecule has 0 unspecified atom stereocenters. The van der Waals surface area contributed by atoms with Crippen LogP contribution in [0, 0.1) is 5.92 Å². The van der Waals surface area contributed by atoms with Crippen molar-refractivity contribution < 1.29 is 19.8 Å². The van der Waals surface area contributed by atoms with Crippen molar-refractivity contribution in [2.24, 2.45) is 11.7 Å². The first-order valence-corrected chi connectivity index (χ1v) is 8.58. The van der Waals surface area contributed by atoms with Crippen LogP contribution in [0.15, 0.2) is 30.6 Å². The number of carbonyl (C=O) groups is 2. The summed E-state index contributed by atoms with van der Waals surface area (Å²) in [5.74, 6) is -1.39. The van der Waals surface area contributed by atoms with Crippen LogP contribution in [0.2, 0.25) is 0 Å². The molecule has 1 aliphatic rings. The Hall–Kier alpha value is -2.58. The van der Waals surface area contributed by atoms with Crippen molar-refractivity contribution in [2.45, 2.75) is 31.4 Å². The average Bonchev–Trinajstić information content (AvgIpc) is 3.00. The zero-order valence-corrected chi connectivity index (χ0v) is 14.3. The van der Waals surface area contributed by atoms with Gasteiger partial charge in [0.05, 0.1) is 17.1 Å². The number of nitrogens with zero attached hydrogens (tertiary/aromatic N) is 3. The molecule has 2 aromatic heterocycles. The summed E-state index contributed by atoms with van der Waals surface area (Å²) in [6.45, 7) is 0.682. The number of hydrogen-bond donors (Lipinski definition) is 3. The Morgan fingerprint density at radius 1 is 1.27 bits per heavy atom. The third-order valence-corrected chi connectivity index (χ3v) is 4.81. The largest absolute Gasteiger partial charge is 0.480 e. The van der Waals surface area contributed by atoms with E-state index in [0.29, 0.717) is 13.0 Å². The molecule has 3 heterocycles. The van der Waals surface area contributed by atoms with E-state index in [1.54, 1.807) is 17.3 Å². The Labute approximate surface area is 150 Å². The highest BCUT2D eigenvalue weighted by Crippen LogP contribution is 2.25. The fourth-order valence-corrected chi connectivity index (χ4v) is 3.30. The normalized spacial score (nSPS) is 21.1. The monoisotopic (exact) mass is 358 g/mol. The minimum absolute atomic E-state index is 0.0622. The molecule has 4 N–H and O–H groups in total. The summed E-state index contributed by atoms with van der Waals surface area (Å²) in [5, 5.41) is 19.2. The summed E-state index contributed by atoms with van der Waals surface area (Å²) in [7, 11) is 0. The van der Waals surface area contributed by atoms with Gasteiger partial charge >= 0.3 is 5.97 Å². The van der Waals surface area contributed by atoms with Gasteiger partial charge in [0.1, 0.15) is 6.04 Å². The molecule has 0 aliphatic carbocycles.